The Kier molecular flexibility index (Phi) is 6.55. The average Bonchev–Trinajstić information content (AvgIpc) is 3.24. The van der Waals surface area contributed by atoms with E-state index < -0.39 is 5.91 Å². The third kappa shape index (κ3) is 5.53. The molecule has 6 heteroatoms. The Morgan fingerprint density at radius 2 is 1.89 bits per heavy atom. The van der Waals surface area contributed by atoms with Gasteiger partial charge in [-0.25, -0.2) is 4.39 Å². The van der Waals surface area contributed by atoms with E-state index in [9.17, 15) is 14.4 Å². The van der Waals surface area contributed by atoms with Crippen molar-refractivity contribution >= 4 is 23.3 Å². The van der Waals surface area contributed by atoms with E-state index in [0.29, 0.717) is 18.9 Å². The molecular formula is C22H17FN2O2S. The van der Waals surface area contributed by atoms with Gasteiger partial charge in [0.15, 0.2) is 0 Å². The number of carbonyl (C=O) groups is 1. The molecule has 0 saturated carbocycles. The van der Waals surface area contributed by atoms with Crippen molar-refractivity contribution in [2.75, 3.05) is 0 Å². The maximum Gasteiger partial charge on any atom is 0.262 e. The van der Waals surface area contributed by atoms with Gasteiger partial charge >= 0.3 is 0 Å². The molecule has 0 aliphatic carbocycles. The van der Waals surface area contributed by atoms with Gasteiger partial charge in [0.2, 0.25) is 0 Å². The molecule has 3 rings (SSSR count). The zero-order valence-corrected chi connectivity index (χ0v) is 15.7. The van der Waals surface area contributed by atoms with Crippen LogP contribution in [0.3, 0.4) is 0 Å². The molecule has 1 aromatic heterocycles. The molecule has 0 fully saturated rings. The van der Waals surface area contributed by atoms with Gasteiger partial charge in [0.25, 0.3) is 5.91 Å². The van der Waals surface area contributed by atoms with Crippen molar-refractivity contribution < 1.29 is 13.9 Å². The highest BCUT2D eigenvalue weighted by Crippen LogP contribution is 2.17. The summed E-state index contributed by atoms with van der Waals surface area (Å²) in [4.78, 5) is 13.2. The van der Waals surface area contributed by atoms with Crippen LogP contribution < -0.4 is 10.1 Å². The molecule has 2 aromatic carbocycles. The lowest BCUT2D eigenvalue weighted by molar-refractivity contribution is -0.117. The summed E-state index contributed by atoms with van der Waals surface area (Å²) in [6.07, 6.45) is 1.54. The molecule has 0 radical (unpaired) electrons. The van der Waals surface area contributed by atoms with E-state index >= 15 is 0 Å². The van der Waals surface area contributed by atoms with Gasteiger partial charge < -0.3 is 10.1 Å². The monoisotopic (exact) mass is 392 g/mol. The van der Waals surface area contributed by atoms with Crippen LogP contribution in [-0.2, 0) is 17.9 Å². The number of nitriles is 1. The Labute approximate surface area is 166 Å². The Hall–Kier alpha value is -3.43. The van der Waals surface area contributed by atoms with Gasteiger partial charge in [-0.15, -0.1) is 11.3 Å². The van der Waals surface area contributed by atoms with Crippen LogP contribution in [0, 0.1) is 17.1 Å². The van der Waals surface area contributed by atoms with E-state index in [2.05, 4.69) is 5.32 Å². The van der Waals surface area contributed by atoms with Crippen molar-refractivity contribution in [2.24, 2.45) is 0 Å². The lowest BCUT2D eigenvalue weighted by Gasteiger charge is -2.07. The fourth-order valence-corrected chi connectivity index (χ4v) is 3.04. The van der Waals surface area contributed by atoms with Gasteiger partial charge in [-0.3, -0.25) is 4.79 Å². The quantitative estimate of drug-likeness (QED) is 0.469. The van der Waals surface area contributed by atoms with E-state index in [1.54, 1.807) is 47.7 Å². The number of rotatable bonds is 7. The molecule has 0 saturated heterocycles. The molecule has 1 heterocycles. The van der Waals surface area contributed by atoms with E-state index in [0.717, 1.165) is 16.0 Å². The fourth-order valence-electron chi connectivity index (χ4n) is 2.40. The molecular weight excluding hydrogens is 375 g/mol. The number of amides is 1. The van der Waals surface area contributed by atoms with Gasteiger partial charge in [0, 0.05) is 4.88 Å². The standard InChI is InChI=1S/C22H17FN2O2S/c23-19-7-3-17(4-8-19)15-27-20-9-5-16(6-10-20)12-18(13-24)22(26)25-14-21-2-1-11-28-21/h1-12H,14-15H2,(H,25,26). The van der Waals surface area contributed by atoms with Crippen molar-refractivity contribution in [1.82, 2.24) is 5.32 Å². The molecule has 0 unspecified atom stereocenters. The van der Waals surface area contributed by atoms with Gasteiger partial charge in [0.1, 0.15) is 29.8 Å². The average molecular weight is 392 g/mol. The first-order chi connectivity index (χ1) is 13.6. The molecule has 0 atom stereocenters. The number of hydrogen-bond acceptors (Lipinski definition) is 4. The maximum atomic E-state index is 12.9. The number of hydrogen-bond donors (Lipinski definition) is 1. The third-order valence-electron chi connectivity index (χ3n) is 3.88. The van der Waals surface area contributed by atoms with Gasteiger partial charge in [-0.1, -0.05) is 30.3 Å². The summed E-state index contributed by atoms with van der Waals surface area (Å²) < 4.78 is 18.6. The molecule has 4 nitrogen and oxygen atoms in total. The lowest BCUT2D eigenvalue weighted by Crippen LogP contribution is -2.23. The van der Waals surface area contributed by atoms with Crippen LogP contribution in [-0.4, -0.2) is 5.91 Å². The summed E-state index contributed by atoms with van der Waals surface area (Å²) in [5, 5.41) is 13.9. The van der Waals surface area contributed by atoms with Crippen LogP contribution in [0.2, 0.25) is 0 Å². The minimum absolute atomic E-state index is 0.0385. The SMILES string of the molecule is N#CC(=Cc1ccc(OCc2ccc(F)cc2)cc1)C(=O)NCc1cccs1. The molecule has 0 aliphatic rings. The zero-order chi connectivity index (χ0) is 19.8. The zero-order valence-electron chi connectivity index (χ0n) is 14.9. The minimum Gasteiger partial charge on any atom is -0.489 e. The predicted octanol–water partition coefficient (Wildman–Crippen LogP) is 4.69. The third-order valence-corrected chi connectivity index (χ3v) is 4.75. The first-order valence-electron chi connectivity index (χ1n) is 8.54. The van der Waals surface area contributed by atoms with Crippen molar-refractivity contribution in [2.45, 2.75) is 13.2 Å². The number of benzene rings is 2. The summed E-state index contributed by atoms with van der Waals surface area (Å²) in [7, 11) is 0. The number of halogens is 1. The summed E-state index contributed by atoms with van der Waals surface area (Å²) >= 11 is 1.54. The van der Waals surface area contributed by atoms with Crippen LogP contribution in [0.25, 0.3) is 6.08 Å². The predicted molar refractivity (Wildman–Crippen MR) is 107 cm³/mol. The van der Waals surface area contributed by atoms with Crippen LogP contribution >= 0.6 is 11.3 Å². The minimum atomic E-state index is -0.410. The number of carbonyl (C=O) groups excluding carboxylic acids is 1. The Morgan fingerprint density at radius 1 is 1.14 bits per heavy atom. The lowest BCUT2D eigenvalue weighted by atomic mass is 10.1. The molecule has 1 N–H and O–H groups in total. The summed E-state index contributed by atoms with van der Waals surface area (Å²) in [5.41, 5.74) is 1.62. The number of nitrogens with one attached hydrogen (secondary N) is 1. The Morgan fingerprint density at radius 3 is 2.54 bits per heavy atom. The van der Waals surface area contributed by atoms with Crippen LogP contribution in [0.4, 0.5) is 4.39 Å². The maximum absolute atomic E-state index is 12.9. The van der Waals surface area contributed by atoms with Gasteiger partial charge in [-0.05, 0) is 52.9 Å². The first-order valence-corrected chi connectivity index (χ1v) is 9.42. The molecule has 0 aliphatic heterocycles. The summed E-state index contributed by atoms with van der Waals surface area (Å²) in [6.45, 7) is 0.718. The molecule has 0 bridgehead atoms. The van der Waals surface area contributed by atoms with Crippen LogP contribution in [0.15, 0.2) is 71.6 Å². The summed E-state index contributed by atoms with van der Waals surface area (Å²) in [5.74, 6) is -0.0534. The van der Waals surface area contributed by atoms with Gasteiger partial charge in [-0.2, -0.15) is 5.26 Å². The Balaban J connectivity index is 1.58. The van der Waals surface area contributed by atoms with Crippen molar-refractivity contribution in [3.05, 3.63) is 93.4 Å². The van der Waals surface area contributed by atoms with E-state index in [-0.39, 0.29) is 11.4 Å². The highest BCUT2D eigenvalue weighted by atomic mass is 32.1. The van der Waals surface area contributed by atoms with Gasteiger partial charge in [0.05, 0.1) is 6.54 Å². The number of nitrogens with zero attached hydrogens (tertiary/aromatic N) is 1. The van der Waals surface area contributed by atoms with E-state index in [4.69, 9.17) is 4.74 Å². The fraction of sp³-hybridized carbons (Fsp3) is 0.0909. The molecule has 28 heavy (non-hydrogen) atoms. The molecule has 1 amide bonds. The second-order valence-electron chi connectivity index (χ2n) is 5.92. The van der Waals surface area contributed by atoms with E-state index in [1.807, 2.05) is 23.6 Å². The van der Waals surface area contributed by atoms with Crippen molar-refractivity contribution in [3.63, 3.8) is 0 Å². The van der Waals surface area contributed by atoms with Crippen molar-refractivity contribution in [3.8, 4) is 11.8 Å². The molecule has 3 aromatic rings. The first kappa shape index (κ1) is 19.3. The van der Waals surface area contributed by atoms with Crippen molar-refractivity contribution in [1.29, 1.82) is 5.26 Å². The molecule has 0 spiro atoms. The smallest absolute Gasteiger partial charge is 0.262 e. The largest absolute Gasteiger partial charge is 0.489 e. The summed E-state index contributed by atoms with van der Waals surface area (Å²) in [6, 6.07) is 18.9. The Bertz CT molecular complexity index is 989. The topological polar surface area (TPSA) is 62.1 Å². The van der Waals surface area contributed by atoms with Crippen LogP contribution in [0.1, 0.15) is 16.0 Å². The highest BCUT2D eigenvalue weighted by Gasteiger charge is 2.09. The van der Waals surface area contributed by atoms with Crippen LogP contribution in [0.5, 0.6) is 5.75 Å². The van der Waals surface area contributed by atoms with E-state index in [1.165, 1.54) is 18.2 Å². The normalized spacial score (nSPS) is 10.9. The second kappa shape index (κ2) is 9.49. The molecule has 140 valence electrons. The second-order valence-corrected chi connectivity index (χ2v) is 6.95. The number of thiophene rings is 1. The highest BCUT2D eigenvalue weighted by molar-refractivity contribution is 7.09. The number of ether oxygens (including phenoxy) is 1.